The largest absolute Gasteiger partial charge is 0.385 e. The van der Waals surface area contributed by atoms with Gasteiger partial charge in [0, 0.05) is 31.0 Å². The molecule has 2 rings (SSSR count). The summed E-state index contributed by atoms with van der Waals surface area (Å²) >= 11 is 0. The predicted molar refractivity (Wildman–Crippen MR) is 79.7 cm³/mol. The molecular formula is C15H23N3O. The van der Waals surface area contributed by atoms with E-state index >= 15 is 0 Å². The van der Waals surface area contributed by atoms with Gasteiger partial charge in [-0.25, -0.2) is 4.79 Å². The van der Waals surface area contributed by atoms with Gasteiger partial charge in [-0.1, -0.05) is 20.8 Å². The Bertz CT molecular complexity index is 434. The van der Waals surface area contributed by atoms with Gasteiger partial charge in [-0.3, -0.25) is 4.90 Å². The van der Waals surface area contributed by atoms with Gasteiger partial charge in [-0.05, 0) is 36.1 Å². The van der Waals surface area contributed by atoms with E-state index in [9.17, 15) is 4.79 Å². The summed E-state index contributed by atoms with van der Waals surface area (Å²) in [5, 5.41) is 6.22. The molecule has 1 saturated heterocycles. The normalized spacial score (nSPS) is 15.5. The molecule has 0 radical (unpaired) electrons. The average Bonchev–Trinajstić information content (AvgIpc) is 2.75. The molecular weight excluding hydrogens is 238 g/mol. The second-order valence-electron chi connectivity index (χ2n) is 6.17. The summed E-state index contributed by atoms with van der Waals surface area (Å²) < 4.78 is 0. The number of hydrogen-bond acceptors (Lipinski definition) is 2. The molecule has 2 N–H and O–H groups in total. The van der Waals surface area contributed by atoms with Crippen molar-refractivity contribution < 1.29 is 4.79 Å². The van der Waals surface area contributed by atoms with Crippen LogP contribution in [-0.4, -0.2) is 25.7 Å². The van der Waals surface area contributed by atoms with E-state index in [1.165, 1.54) is 0 Å². The van der Waals surface area contributed by atoms with Crippen molar-refractivity contribution in [3.63, 3.8) is 0 Å². The summed E-state index contributed by atoms with van der Waals surface area (Å²) in [5.74, 6) is 0. The minimum Gasteiger partial charge on any atom is -0.385 e. The number of carbonyl (C=O) groups excluding carboxylic acids is 1. The molecule has 4 heteroatoms. The Labute approximate surface area is 115 Å². The first-order valence-corrected chi connectivity index (χ1v) is 6.85. The lowest BCUT2D eigenvalue weighted by atomic mass is 9.92. The number of anilines is 2. The van der Waals surface area contributed by atoms with Crippen LogP contribution in [0.4, 0.5) is 16.2 Å². The van der Waals surface area contributed by atoms with E-state index in [2.05, 4.69) is 31.4 Å². The number of nitrogens with one attached hydrogen (secondary N) is 2. The van der Waals surface area contributed by atoms with E-state index in [-0.39, 0.29) is 6.03 Å². The third kappa shape index (κ3) is 3.88. The topological polar surface area (TPSA) is 44.4 Å². The van der Waals surface area contributed by atoms with Gasteiger partial charge in [0.15, 0.2) is 0 Å². The zero-order valence-corrected chi connectivity index (χ0v) is 12.0. The van der Waals surface area contributed by atoms with Gasteiger partial charge in [0.2, 0.25) is 0 Å². The van der Waals surface area contributed by atoms with Crippen molar-refractivity contribution in [3.05, 3.63) is 24.3 Å². The Morgan fingerprint density at radius 1 is 1.26 bits per heavy atom. The molecule has 104 valence electrons. The lowest BCUT2D eigenvalue weighted by Crippen LogP contribution is -2.27. The molecule has 1 aliphatic heterocycles. The molecule has 1 aliphatic rings. The zero-order valence-electron chi connectivity index (χ0n) is 12.0. The molecule has 2 amide bonds. The number of amides is 2. The smallest absolute Gasteiger partial charge is 0.321 e. The molecule has 0 spiro atoms. The SMILES string of the molecule is CC(C)(C)CCNc1ccc(N2CCNC2=O)cc1. The van der Waals surface area contributed by atoms with Crippen molar-refractivity contribution in [3.8, 4) is 0 Å². The average molecular weight is 261 g/mol. The summed E-state index contributed by atoms with van der Waals surface area (Å²) in [5.41, 5.74) is 2.41. The standard InChI is InChI=1S/C15H23N3O/c1-15(2,3)8-9-16-12-4-6-13(7-5-12)18-11-10-17-14(18)19/h4-7,16H,8-11H2,1-3H3,(H,17,19). The summed E-state index contributed by atoms with van der Waals surface area (Å²) in [4.78, 5) is 13.3. The van der Waals surface area contributed by atoms with Gasteiger partial charge >= 0.3 is 6.03 Å². The highest BCUT2D eigenvalue weighted by molar-refractivity contribution is 5.94. The van der Waals surface area contributed by atoms with Crippen LogP contribution in [-0.2, 0) is 0 Å². The van der Waals surface area contributed by atoms with Crippen LogP contribution in [0, 0.1) is 5.41 Å². The van der Waals surface area contributed by atoms with Crippen molar-refractivity contribution in [2.75, 3.05) is 29.9 Å². The molecule has 4 nitrogen and oxygen atoms in total. The highest BCUT2D eigenvalue weighted by Crippen LogP contribution is 2.21. The summed E-state index contributed by atoms with van der Waals surface area (Å²) in [6, 6.07) is 8.04. The van der Waals surface area contributed by atoms with Crippen molar-refractivity contribution >= 4 is 17.4 Å². The molecule has 1 heterocycles. The second-order valence-corrected chi connectivity index (χ2v) is 6.17. The Hall–Kier alpha value is -1.71. The van der Waals surface area contributed by atoms with Crippen LogP contribution >= 0.6 is 0 Å². The minimum absolute atomic E-state index is 0.00607. The maximum atomic E-state index is 11.5. The summed E-state index contributed by atoms with van der Waals surface area (Å²) in [7, 11) is 0. The fourth-order valence-corrected chi connectivity index (χ4v) is 2.06. The maximum Gasteiger partial charge on any atom is 0.321 e. The van der Waals surface area contributed by atoms with Crippen molar-refractivity contribution in [1.29, 1.82) is 0 Å². The fourth-order valence-electron chi connectivity index (χ4n) is 2.06. The first-order chi connectivity index (χ1) is 8.96. The third-order valence-corrected chi connectivity index (χ3v) is 3.24. The van der Waals surface area contributed by atoms with Gasteiger partial charge in [-0.2, -0.15) is 0 Å². The van der Waals surface area contributed by atoms with E-state index in [1.54, 1.807) is 4.90 Å². The van der Waals surface area contributed by atoms with Gasteiger partial charge in [0.25, 0.3) is 0 Å². The van der Waals surface area contributed by atoms with Crippen molar-refractivity contribution in [2.24, 2.45) is 5.41 Å². The molecule has 0 saturated carbocycles. The molecule has 0 bridgehead atoms. The molecule has 0 aliphatic carbocycles. The van der Waals surface area contributed by atoms with E-state index in [0.717, 1.165) is 37.4 Å². The number of hydrogen-bond donors (Lipinski definition) is 2. The molecule has 0 unspecified atom stereocenters. The van der Waals surface area contributed by atoms with E-state index in [1.807, 2.05) is 24.3 Å². The number of carbonyl (C=O) groups is 1. The van der Waals surface area contributed by atoms with Crippen LogP contribution in [0.15, 0.2) is 24.3 Å². The van der Waals surface area contributed by atoms with Crippen molar-refractivity contribution in [2.45, 2.75) is 27.2 Å². The lowest BCUT2D eigenvalue weighted by Gasteiger charge is -2.19. The lowest BCUT2D eigenvalue weighted by molar-refractivity contribution is 0.252. The quantitative estimate of drug-likeness (QED) is 0.875. The van der Waals surface area contributed by atoms with Crippen LogP contribution < -0.4 is 15.5 Å². The molecule has 1 aromatic carbocycles. The van der Waals surface area contributed by atoms with E-state index < -0.39 is 0 Å². The van der Waals surface area contributed by atoms with Crippen LogP contribution in [0.5, 0.6) is 0 Å². The van der Waals surface area contributed by atoms with Gasteiger partial charge in [0.1, 0.15) is 0 Å². The Kier molecular flexibility index (Phi) is 3.98. The van der Waals surface area contributed by atoms with E-state index in [4.69, 9.17) is 0 Å². The summed E-state index contributed by atoms with van der Waals surface area (Å²) in [6.45, 7) is 9.16. The monoisotopic (exact) mass is 261 g/mol. The van der Waals surface area contributed by atoms with Gasteiger partial charge in [-0.15, -0.1) is 0 Å². The van der Waals surface area contributed by atoms with Crippen LogP contribution in [0.2, 0.25) is 0 Å². The third-order valence-electron chi connectivity index (χ3n) is 3.24. The number of nitrogens with zero attached hydrogens (tertiary/aromatic N) is 1. The number of urea groups is 1. The molecule has 0 aromatic heterocycles. The van der Waals surface area contributed by atoms with Gasteiger partial charge in [0.05, 0.1) is 0 Å². The minimum atomic E-state index is -0.00607. The molecule has 0 atom stereocenters. The van der Waals surface area contributed by atoms with Crippen LogP contribution in [0.3, 0.4) is 0 Å². The van der Waals surface area contributed by atoms with Crippen LogP contribution in [0.1, 0.15) is 27.2 Å². The first kappa shape index (κ1) is 13.7. The Morgan fingerprint density at radius 3 is 2.47 bits per heavy atom. The second kappa shape index (κ2) is 5.51. The fraction of sp³-hybridized carbons (Fsp3) is 0.533. The highest BCUT2D eigenvalue weighted by atomic mass is 16.2. The summed E-state index contributed by atoms with van der Waals surface area (Å²) in [6.07, 6.45) is 1.13. The Morgan fingerprint density at radius 2 is 1.95 bits per heavy atom. The number of rotatable bonds is 4. The highest BCUT2D eigenvalue weighted by Gasteiger charge is 2.20. The predicted octanol–water partition coefficient (Wildman–Crippen LogP) is 3.06. The van der Waals surface area contributed by atoms with E-state index in [0.29, 0.717) is 5.41 Å². The first-order valence-electron chi connectivity index (χ1n) is 6.85. The van der Waals surface area contributed by atoms with Crippen LogP contribution in [0.25, 0.3) is 0 Å². The number of benzene rings is 1. The molecule has 1 aromatic rings. The zero-order chi connectivity index (χ0) is 13.9. The Balaban J connectivity index is 1.90. The molecule has 1 fully saturated rings. The van der Waals surface area contributed by atoms with Gasteiger partial charge < -0.3 is 10.6 Å². The maximum absolute atomic E-state index is 11.5. The molecule has 19 heavy (non-hydrogen) atoms. The van der Waals surface area contributed by atoms with Crippen molar-refractivity contribution in [1.82, 2.24) is 5.32 Å².